The molecule has 0 fully saturated rings. The third-order valence-electron chi connectivity index (χ3n) is 4.54. The summed E-state index contributed by atoms with van der Waals surface area (Å²) in [5.74, 6) is 0.0353. The lowest BCUT2D eigenvalue weighted by Crippen LogP contribution is -1.96. The van der Waals surface area contributed by atoms with E-state index in [-0.39, 0.29) is 11.5 Å². The number of aromatic hydroxyl groups is 2. The Bertz CT molecular complexity index is 690. The Kier molecular flexibility index (Phi) is 9.04. The van der Waals surface area contributed by atoms with E-state index in [2.05, 4.69) is 45.9 Å². The molecule has 0 heterocycles. The first kappa shape index (κ1) is 21.9. The maximum Gasteiger partial charge on any atom is 0.200 e. The predicted molar refractivity (Wildman–Crippen MR) is 110 cm³/mol. The molecule has 2 N–H and O–H groups in total. The minimum absolute atomic E-state index is 0.141. The predicted octanol–water partition coefficient (Wildman–Crippen LogP) is 6.38. The Morgan fingerprint density at radius 3 is 2.12 bits per heavy atom. The summed E-state index contributed by atoms with van der Waals surface area (Å²) in [6, 6.07) is 1.58. The van der Waals surface area contributed by atoms with Crippen LogP contribution in [0.4, 0.5) is 0 Å². The number of phenolic OH excluding ortho intramolecular Hbond substituents is 2. The molecule has 3 heteroatoms. The second kappa shape index (κ2) is 10.7. The summed E-state index contributed by atoms with van der Waals surface area (Å²) in [7, 11) is 1.51. The first-order valence-corrected chi connectivity index (χ1v) is 9.29. The minimum atomic E-state index is -0.186. The zero-order valence-electron chi connectivity index (χ0n) is 17.1. The topological polar surface area (TPSA) is 49.7 Å². The summed E-state index contributed by atoms with van der Waals surface area (Å²) in [5, 5.41) is 19.7. The van der Waals surface area contributed by atoms with Crippen LogP contribution in [0, 0.1) is 6.92 Å². The first-order chi connectivity index (χ1) is 12.3. The second-order valence-electron chi connectivity index (χ2n) is 7.24. The zero-order valence-corrected chi connectivity index (χ0v) is 17.1. The Hall–Kier alpha value is -2.16. The first-order valence-electron chi connectivity index (χ1n) is 9.29. The molecular formula is C23H34O3. The van der Waals surface area contributed by atoms with Crippen molar-refractivity contribution in [1.29, 1.82) is 0 Å². The molecule has 1 aromatic rings. The van der Waals surface area contributed by atoms with Gasteiger partial charge in [0, 0.05) is 5.56 Å². The third kappa shape index (κ3) is 6.99. The molecular weight excluding hydrogens is 324 g/mol. The Balaban J connectivity index is 2.65. The van der Waals surface area contributed by atoms with E-state index in [0.29, 0.717) is 12.2 Å². The van der Waals surface area contributed by atoms with E-state index < -0.39 is 0 Å². The highest BCUT2D eigenvalue weighted by atomic mass is 16.5. The van der Waals surface area contributed by atoms with Gasteiger partial charge in [-0.15, -0.1) is 0 Å². The number of hydrogen-bond donors (Lipinski definition) is 2. The van der Waals surface area contributed by atoms with Crippen molar-refractivity contribution in [3.8, 4) is 17.2 Å². The van der Waals surface area contributed by atoms with Crippen LogP contribution >= 0.6 is 0 Å². The van der Waals surface area contributed by atoms with Crippen LogP contribution in [0.5, 0.6) is 17.2 Å². The van der Waals surface area contributed by atoms with Crippen molar-refractivity contribution in [3.63, 3.8) is 0 Å². The molecule has 144 valence electrons. The van der Waals surface area contributed by atoms with Crippen molar-refractivity contribution in [1.82, 2.24) is 0 Å². The van der Waals surface area contributed by atoms with Gasteiger partial charge in [0.15, 0.2) is 11.5 Å². The van der Waals surface area contributed by atoms with Crippen LogP contribution in [0.25, 0.3) is 0 Å². The van der Waals surface area contributed by atoms with Gasteiger partial charge >= 0.3 is 0 Å². The summed E-state index contributed by atoms with van der Waals surface area (Å²) < 4.78 is 5.28. The van der Waals surface area contributed by atoms with E-state index in [0.717, 1.165) is 36.8 Å². The lowest BCUT2D eigenvalue weighted by Gasteiger charge is -2.13. The number of rotatable bonds is 9. The highest BCUT2D eigenvalue weighted by Crippen LogP contribution is 2.40. The zero-order chi connectivity index (χ0) is 19.7. The summed E-state index contributed by atoms with van der Waals surface area (Å²) in [5.41, 5.74) is 5.96. The Morgan fingerprint density at radius 1 is 0.962 bits per heavy atom. The van der Waals surface area contributed by atoms with Crippen LogP contribution in [-0.2, 0) is 6.42 Å². The molecule has 0 radical (unpaired) electrons. The molecule has 1 aromatic carbocycles. The van der Waals surface area contributed by atoms with Crippen LogP contribution in [0.15, 0.2) is 41.0 Å². The van der Waals surface area contributed by atoms with Gasteiger partial charge in [-0.2, -0.15) is 0 Å². The minimum Gasteiger partial charge on any atom is -0.504 e. The Morgan fingerprint density at radius 2 is 1.54 bits per heavy atom. The van der Waals surface area contributed by atoms with Crippen molar-refractivity contribution in [2.24, 2.45) is 0 Å². The standard InChI is InChI=1S/C23H34O3/c1-16(2)9-7-10-17(3)11-8-12-18(4)13-14-20-19(5)15-21(24)22(25)23(20)26-6/h9,11,13,15,24-25H,7-8,10,12,14H2,1-6H3/b17-11+,18-13+. The molecule has 0 atom stereocenters. The van der Waals surface area contributed by atoms with Crippen LogP contribution in [0.1, 0.15) is 64.5 Å². The normalized spacial score (nSPS) is 12.2. The number of aryl methyl sites for hydroxylation is 1. The largest absolute Gasteiger partial charge is 0.504 e. The van der Waals surface area contributed by atoms with Gasteiger partial charge in [0.25, 0.3) is 0 Å². The fraction of sp³-hybridized carbons (Fsp3) is 0.478. The molecule has 0 saturated heterocycles. The van der Waals surface area contributed by atoms with E-state index in [1.165, 1.54) is 23.8 Å². The lowest BCUT2D eigenvalue weighted by molar-refractivity contribution is 0.347. The van der Waals surface area contributed by atoms with Crippen LogP contribution in [-0.4, -0.2) is 17.3 Å². The second-order valence-corrected chi connectivity index (χ2v) is 7.24. The number of benzene rings is 1. The van der Waals surface area contributed by atoms with Crippen molar-refractivity contribution < 1.29 is 14.9 Å². The monoisotopic (exact) mass is 358 g/mol. The van der Waals surface area contributed by atoms with E-state index in [9.17, 15) is 10.2 Å². The van der Waals surface area contributed by atoms with E-state index >= 15 is 0 Å². The van der Waals surface area contributed by atoms with Crippen LogP contribution < -0.4 is 4.74 Å². The van der Waals surface area contributed by atoms with E-state index in [1.807, 2.05) is 6.92 Å². The summed E-state index contributed by atoms with van der Waals surface area (Å²) >= 11 is 0. The smallest absolute Gasteiger partial charge is 0.200 e. The fourth-order valence-electron chi connectivity index (χ4n) is 2.89. The van der Waals surface area contributed by atoms with Gasteiger partial charge < -0.3 is 14.9 Å². The molecule has 0 aliphatic carbocycles. The number of hydrogen-bond acceptors (Lipinski definition) is 3. The fourth-order valence-corrected chi connectivity index (χ4v) is 2.89. The van der Waals surface area contributed by atoms with Crippen molar-refractivity contribution in [2.45, 2.75) is 66.7 Å². The van der Waals surface area contributed by atoms with Gasteiger partial charge in [-0.25, -0.2) is 0 Å². The van der Waals surface area contributed by atoms with Gasteiger partial charge in [0.2, 0.25) is 5.75 Å². The maximum absolute atomic E-state index is 9.97. The van der Waals surface area contributed by atoms with Crippen LogP contribution in [0.3, 0.4) is 0 Å². The molecule has 0 amide bonds. The maximum atomic E-state index is 9.97. The number of allylic oxidation sites excluding steroid dienone is 6. The third-order valence-corrected chi connectivity index (χ3v) is 4.54. The van der Waals surface area contributed by atoms with Crippen molar-refractivity contribution in [2.75, 3.05) is 7.11 Å². The SMILES string of the molecule is COc1c(O)c(O)cc(C)c1C/C=C(\C)CC/C=C(\C)CCC=C(C)C. The van der Waals surface area contributed by atoms with Crippen molar-refractivity contribution >= 4 is 0 Å². The van der Waals surface area contributed by atoms with Gasteiger partial charge in [0.1, 0.15) is 0 Å². The average Bonchev–Trinajstić information content (AvgIpc) is 2.56. The molecule has 0 aliphatic heterocycles. The van der Waals surface area contributed by atoms with E-state index in [4.69, 9.17) is 4.74 Å². The number of ether oxygens (including phenoxy) is 1. The molecule has 0 aromatic heterocycles. The lowest BCUT2D eigenvalue weighted by atomic mass is 10.00. The molecule has 0 aliphatic rings. The summed E-state index contributed by atoms with van der Waals surface area (Å²) in [6.07, 6.45) is 11.8. The summed E-state index contributed by atoms with van der Waals surface area (Å²) in [6.45, 7) is 10.5. The highest BCUT2D eigenvalue weighted by molar-refractivity contribution is 5.57. The number of phenols is 2. The molecule has 26 heavy (non-hydrogen) atoms. The molecule has 0 spiro atoms. The quantitative estimate of drug-likeness (QED) is 0.398. The van der Waals surface area contributed by atoms with Gasteiger partial charge in [-0.05, 0) is 78.4 Å². The van der Waals surface area contributed by atoms with Crippen molar-refractivity contribution in [3.05, 3.63) is 52.1 Å². The van der Waals surface area contributed by atoms with E-state index in [1.54, 1.807) is 6.07 Å². The van der Waals surface area contributed by atoms with Gasteiger partial charge in [-0.1, -0.05) is 34.9 Å². The molecule has 3 nitrogen and oxygen atoms in total. The average molecular weight is 359 g/mol. The summed E-state index contributed by atoms with van der Waals surface area (Å²) in [4.78, 5) is 0. The van der Waals surface area contributed by atoms with Gasteiger partial charge in [0.05, 0.1) is 7.11 Å². The molecule has 0 saturated carbocycles. The molecule has 0 bridgehead atoms. The number of methoxy groups -OCH3 is 1. The van der Waals surface area contributed by atoms with Crippen LogP contribution in [0.2, 0.25) is 0 Å². The Labute approximate surface area is 158 Å². The molecule has 0 unspecified atom stereocenters. The highest BCUT2D eigenvalue weighted by Gasteiger charge is 2.15. The molecule has 1 rings (SSSR count). The van der Waals surface area contributed by atoms with Gasteiger partial charge in [-0.3, -0.25) is 0 Å².